The summed E-state index contributed by atoms with van der Waals surface area (Å²) in [6.45, 7) is 6.96. The van der Waals surface area contributed by atoms with E-state index in [0.717, 1.165) is 22.9 Å². The smallest absolute Gasteiger partial charge is 0.343 e. The van der Waals surface area contributed by atoms with Gasteiger partial charge in [-0.15, -0.1) is 0 Å². The highest BCUT2D eigenvalue weighted by molar-refractivity contribution is 6.11. The van der Waals surface area contributed by atoms with Crippen LogP contribution in [0.25, 0.3) is 44.8 Å². The van der Waals surface area contributed by atoms with Gasteiger partial charge in [-0.25, -0.2) is 28.8 Å². The van der Waals surface area contributed by atoms with E-state index in [0.29, 0.717) is 44.5 Å². The molecule has 0 fully saturated rings. The molecule has 8 rings (SSSR count). The first-order chi connectivity index (χ1) is 38.9. The molecule has 16 nitrogen and oxygen atoms in total. The Morgan fingerprint density at radius 2 is 0.787 bits per heavy atom. The zero-order chi connectivity index (χ0) is 56.4. The van der Waals surface area contributed by atoms with Gasteiger partial charge in [0.05, 0.1) is 25.3 Å². The van der Waals surface area contributed by atoms with E-state index in [4.69, 9.17) is 47.4 Å². The van der Waals surface area contributed by atoms with Crippen molar-refractivity contribution in [2.45, 2.75) is 0 Å². The van der Waals surface area contributed by atoms with E-state index in [1.165, 1.54) is 74.9 Å². The highest BCUT2D eigenvalue weighted by atomic mass is 16.6. The van der Waals surface area contributed by atoms with Crippen molar-refractivity contribution >= 4 is 69.5 Å². The van der Waals surface area contributed by atoms with Crippen LogP contribution in [0, 0.1) is 0 Å². The summed E-state index contributed by atoms with van der Waals surface area (Å²) in [6.07, 6.45) is 7.66. The largest absolute Gasteiger partial charge is 0.493 e. The molecule has 0 aromatic heterocycles. The molecule has 0 saturated carbocycles. The molecule has 0 aliphatic carbocycles. The summed E-state index contributed by atoms with van der Waals surface area (Å²) in [5, 5.41) is 3.09. The maximum atomic E-state index is 13.8. The third kappa shape index (κ3) is 14.4. The van der Waals surface area contributed by atoms with E-state index in [1.807, 2.05) is 60.7 Å². The van der Waals surface area contributed by atoms with Crippen LogP contribution >= 0.6 is 0 Å². The van der Waals surface area contributed by atoms with Crippen LogP contribution in [0.15, 0.2) is 195 Å². The van der Waals surface area contributed by atoms with Crippen molar-refractivity contribution in [3.63, 3.8) is 0 Å². The molecule has 0 saturated heterocycles. The maximum Gasteiger partial charge on any atom is 0.343 e. The van der Waals surface area contributed by atoms with Crippen molar-refractivity contribution in [1.82, 2.24) is 0 Å². The lowest BCUT2D eigenvalue weighted by molar-refractivity contribution is -0.139. The molecule has 0 radical (unpaired) electrons. The molecule has 0 N–H and O–H groups in total. The highest BCUT2D eigenvalue weighted by Gasteiger charge is 2.22. The molecular weight excluding hydrogens is 1020 g/mol. The number of rotatable bonds is 23. The van der Waals surface area contributed by atoms with Crippen molar-refractivity contribution in [3.05, 3.63) is 217 Å². The molecule has 0 atom stereocenters. The Hall–Kier alpha value is -10.7. The van der Waals surface area contributed by atoms with Crippen LogP contribution in [0.2, 0.25) is 0 Å². The molecule has 16 heteroatoms. The lowest BCUT2D eigenvalue weighted by Gasteiger charge is -2.18. The molecule has 0 unspecified atom stereocenters. The van der Waals surface area contributed by atoms with Gasteiger partial charge in [0.1, 0.15) is 49.4 Å². The van der Waals surface area contributed by atoms with Crippen LogP contribution in [0.4, 0.5) is 0 Å². The predicted octanol–water partition coefficient (Wildman–Crippen LogP) is 11.6. The minimum Gasteiger partial charge on any atom is -0.493 e. The van der Waals surface area contributed by atoms with Gasteiger partial charge in [0.25, 0.3) is 0 Å². The fourth-order valence-electron chi connectivity index (χ4n) is 7.96. The zero-order valence-electron chi connectivity index (χ0n) is 43.2. The van der Waals surface area contributed by atoms with Crippen LogP contribution in [-0.2, 0) is 28.7 Å². The highest BCUT2D eigenvalue weighted by Crippen LogP contribution is 2.46. The van der Waals surface area contributed by atoms with Crippen LogP contribution in [0.5, 0.6) is 46.0 Å². The summed E-state index contributed by atoms with van der Waals surface area (Å²) in [5.41, 5.74) is 2.53. The van der Waals surface area contributed by atoms with Crippen molar-refractivity contribution in [2.75, 3.05) is 40.6 Å². The number of hydrogen-bond donors (Lipinski definition) is 0. The van der Waals surface area contributed by atoms with Gasteiger partial charge in [-0.05, 0) is 130 Å². The second-order valence-electron chi connectivity index (χ2n) is 16.9. The van der Waals surface area contributed by atoms with Gasteiger partial charge in [0.15, 0.2) is 23.0 Å². The minimum absolute atomic E-state index is 0.0298. The molecular formula is C64H50O16. The summed E-state index contributed by atoms with van der Waals surface area (Å²) in [6, 6.07) is 44.1. The van der Waals surface area contributed by atoms with Gasteiger partial charge in [0.2, 0.25) is 0 Å². The zero-order valence-corrected chi connectivity index (χ0v) is 43.2. The summed E-state index contributed by atoms with van der Waals surface area (Å²) in [5.74, 6) is -1.87. The monoisotopic (exact) mass is 1070 g/mol. The van der Waals surface area contributed by atoms with Crippen LogP contribution in [0.1, 0.15) is 31.8 Å². The van der Waals surface area contributed by atoms with E-state index < -0.39 is 35.8 Å². The number of carbonyl (C=O) groups is 6. The van der Waals surface area contributed by atoms with E-state index in [1.54, 1.807) is 60.7 Å². The molecule has 0 amide bonds. The van der Waals surface area contributed by atoms with Crippen LogP contribution in [-0.4, -0.2) is 76.5 Å². The van der Waals surface area contributed by atoms with Crippen molar-refractivity contribution in [2.24, 2.45) is 0 Å². The average Bonchev–Trinajstić information content (AvgIpc) is 3.51. The molecule has 0 bridgehead atoms. The van der Waals surface area contributed by atoms with Crippen molar-refractivity contribution in [3.8, 4) is 57.1 Å². The van der Waals surface area contributed by atoms with Gasteiger partial charge < -0.3 is 47.4 Å². The molecule has 0 aliphatic heterocycles. The second kappa shape index (κ2) is 26.8. The SMILES string of the molecule is C=CC(=O)OCCOc1ccc(C(=O)Oc2ccc(/C=C/C(=O)Oc3ccc4ccccc4c3-c3c(OC(=O)/C=C/c4ccc(OC(=O)c5ccc(OCCOC(=O)C=C)cc5)c(OC)c4)ccc4ccccc34)cc2OC)cc1. The first-order valence-corrected chi connectivity index (χ1v) is 24.6. The standard InChI is InChI=1S/C64H50O16/c1-5-57(65)75-37-35-73-47-25-19-45(20-26-47)63(69)79-51-29-15-41(39-55(51)71-3)17-33-59(67)77-53-31-23-43-11-7-9-13-49(43)61(53)62-50-14-10-8-12-44(50)24-32-54(62)78-60(68)34-18-42-16-30-52(56(40-42)72-4)80-64(70)46-21-27-48(28-22-46)74-36-38-76-58(66)6-2/h5-34,39-40H,1-2,35-38H2,3-4H3/b33-17+,34-18+. The number of esters is 6. The maximum absolute atomic E-state index is 13.8. The number of fused-ring (bicyclic) bond motifs is 2. The molecule has 8 aromatic carbocycles. The van der Waals surface area contributed by atoms with E-state index in [2.05, 4.69) is 13.2 Å². The number of methoxy groups -OCH3 is 2. The van der Waals surface area contributed by atoms with Gasteiger partial charge in [-0.1, -0.05) is 86.0 Å². The third-order valence-corrected chi connectivity index (χ3v) is 11.8. The first kappa shape index (κ1) is 55.5. The predicted molar refractivity (Wildman–Crippen MR) is 298 cm³/mol. The number of carbonyl (C=O) groups excluding carboxylic acids is 6. The normalized spacial score (nSPS) is 10.9. The molecule has 402 valence electrons. The van der Waals surface area contributed by atoms with Crippen LogP contribution in [0.3, 0.4) is 0 Å². The average molecular weight is 1080 g/mol. The summed E-state index contributed by atoms with van der Waals surface area (Å²) < 4.78 is 55.5. The third-order valence-electron chi connectivity index (χ3n) is 11.8. The molecule has 0 spiro atoms. The second-order valence-corrected chi connectivity index (χ2v) is 16.9. The lowest BCUT2D eigenvalue weighted by atomic mass is 9.92. The fraction of sp³-hybridized carbons (Fsp3) is 0.0938. The quantitative estimate of drug-likeness (QED) is 0.0254. The Kier molecular flexibility index (Phi) is 18.6. The van der Waals surface area contributed by atoms with Gasteiger partial charge in [0, 0.05) is 35.4 Å². The minimum atomic E-state index is -0.721. The van der Waals surface area contributed by atoms with Crippen molar-refractivity contribution in [1.29, 1.82) is 0 Å². The number of ether oxygens (including phenoxy) is 10. The molecule has 8 aromatic rings. The van der Waals surface area contributed by atoms with E-state index in [9.17, 15) is 28.8 Å². The van der Waals surface area contributed by atoms with Crippen molar-refractivity contribution < 1.29 is 76.1 Å². The topological polar surface area (TPSA) is 195 Å². The summed E-state index contributed by atoms with van der Waals surface area (Å²) in [4.78, 5) is 76.2. The Morgan fingerprint density at radius 3 is 1.18 bits per heavy atom. The van der Waals surface area contributed by atoms with E-state index in [-0.39, 0.29) is 72.1 Å². The molecule has 0 aliphatic rings. The molecule has 80 heavy (non-hydrogen) atoms. The Labute approximate surface area is 459 Å². The van der Waals surface area contributed by atoms with Gasteiger partial charge in [-0.2, -0.15) is 0 Å². The van der Waals surface area contributed by atoms with Gasteiger partial charge >= 0.3 is 35.8 Å². The Morgan fingerprint density at radius 1 is 0.400 bits per heavy atom. The first-order valence-electron chi connectivity index (χ1n) is 24.6. The lowest BCUT2D eigenvalue weighted by Crippen LogP contribution is -2.11. The summed E-state index contributed by atoms with van der Waals surface area (Å²) >= 11 is 0. The summed E-state index contributed by atoms with van der Waals surface area (Å²) in [7, 11) is 2.84. The number of hydrogen-bond acceptors (Lipinski definition) is 16. The van der Waals surface area contributed by atoms with Gasteiger partial charge in [-0.3, -0.25) is 0 Å². The molecule has 0 heterocycles. The Balaban J connectivity index is 0.961. The van der Waals surface area contributed by atoms with E-state index >= 15 is 0 Å². The fourth-order valence-corrected chi connectivity index (χ4v) is 7.96. The number of benzene rings is 8. The van der Waals surface area contributed by atoms with Crippen LogP contribution < -0.4 is 37.9 Å². The Bertz CT molecular complexity index is 3450.